The first-order valence-electron chi connectivity index (χ1n) is 8.55. The lowest BCUT2D eigenvalue weighted by molar-refractivity contribution is -0.126. The largest absolute Gasteiger partial charge is 0.497 e. The standard InChI is InChI=1S/C20H24ClN3O3/c1-14(20(26)22-12-15-7-9-16(21)10-8-15)24(2)13-19(25)23-17-5-4-6-18(11-17)27-3/h4-11,14H,12-13H2,1-3H3,(H,22,26)(H,23,25). The fraction of sp³-hybridized carbons (Fsp3) is 0.300. The molecule has 1 unspecified atom stereocenters. The van der Waals surface area contributed by atoms with E-state index in [0.29, 0.717) is 23.0 Å². The molecule has 2 aromatic rings. The van der Waals surface area contributed by atoms with Crippen molar-refractivity contribution in [1.82, 2.24) is 10.2 Å². The number of likely N-dealkylation sites (N-methyl/N-ethyl adjacent to an activating group) is 1. The van der Waals surface area contributed by atoms with E-state index >= 15 is 0 Å². The number of rotatable bonds is 8. The summed E-state index contributed by atoms with van der Waals surface area (Å²) in [4.78, 5) is 26.2. The first kappa shape index (κ1) is 20.7. The quantitative estimate of drug-likeness (QED) is 0.728. The fourth-order valence-electron chi connectivity index (χ4n) is 2.40. The molecule has 0 saturated heterocycles. The van der Waals surface area contributed by atoms with Gasteiger partial charge in [-0.3, -0.25) is 14.5 Å². The molecular formula is C20H24ClN3O3. The minimum atomic E-state index is -0.451. The van der Waals surface area contributed by atoms with Gasteiger partial charge in [0.1, 0.15) is 5.75 Å². The van der Waals surface area contributed by atoms with Gasteiger partial charge in [0, 0.05) is 23.3 Å². The summed E-state index contributed by atoms with van der Waals surface area (Å²) in [6.07, 6.45) is 0. The van der Waals surface area contributed by atoms with Crippen LogP contribution in [-0.4, -0.2) is 43.5 Å². The SMILES string of the molecule is COc1cccc(NC(=O)CN(C)C(C)C(=O)NCc2ccc(Cl)cc2)c1. The molecule has 0 bridgehead atoms. The Labute approximate surface area is 164 Å². The number of carbonyl (C=O) groups is 2. The molecule has 2 amide bonds. The number of halogens is 1. The molecule has 2 N–H and O–H groups in total. The van der Waals surface area contributed by atoms with Gasteiger partial charge >= 0.3 is 0 Å². The van der Waals surface area contributed by atoms with Crippen molar-refractivity contribution < 1.29 is 14.3 Å². The molecule has 0 radical (unpaired) electrons. The highest BCUT2D eigenvalue weighted by Crippen LogP contribution is 2.16. The van der Waals surface area contributed by atoms with Gasteiger partial charge in [0.2, 0.25) is 11.8 Å². The van der Waals surface area contributed by atoms with Gasteiger partial charge in [-0.1, -0.05) is 29.8 Å². The van der Waals surface area contributed by atoms with E-state index in [4.69, 9.17) is 16.3 Å². The third kappa shape index (κ3) is 6.58. The van der Waals surface area contributed by atoms with Gasteiger partial charge in [0.05, 0.1) is 19.7 Å². The van der Waals surface area contributed by atoms with Crippen molar-refractivity contribution in [3.05, 3.63) is 59.1 Å². The van der Waals surface area contributed by atoms with E-state index in [1.165, 1.54) is 0 Å². The molecule has 144 valence electrons. The lowest BCUT2D eigenvalue weighted by atomic mass is 10.2. The maximum atomic E-state index is 12.3. The number of amides is 2. The maximum absolute atomic E-state index is 12.3. The number of ether oxygens (including phenoxy) is 1. The summed E-state index contributed by atoms with van der Waals surface area (Å²) in [6.45, 7) is 2.26. The fourth-order valence-corrected chi connectivity index (χ4v) is 2.53. The van der Waals surface area contributed by atoms with Crippen LogP contribution in [-0.2, 0) is 16.1 Å². The second-order valence-corrected chi connectivity index (χ2v) is 6.65. The van der Waals surface area contributed by atoms with Crippen LogP contribution in [0.25, 0.3) is 0 Å². The maximum Gasteiger partial charge on any atom is 0.238 e. The van der Waals surface area contributed by atoms with E-state index < -0.39 is 6.04 Å². The highest BCUT2D eigenvalue weighted by Gasteiger charge is 2.20. The van der Waals surface area contributed by atoms with E-state index in [0.717, 1.165) is 5.56 Å². The number of hydrogen-bond donors (Lipinski definition) is 2. The van der Waals surface area contributed by atoms with Crippen LogP contribution >= 0.6 is 11.6 Å². The van der Waals surface area contributed by atoms with Crippen LogP contribution in [0.4, 0.5) is 5.69 Å². The Hall–Kier alpha value is -2.57. The molecule has 0 aliphatic heterocycles. The molecule has 0 aliphatic carbocycles. The number of nitrogens with zero attached hydrogens (tertiary/aromatic N) is 1. The number of methoxy groups -OCH3 is 1. The molecule has 7 heteroatoms. The van der Waals surface area contributed by atoms with Crippen molar-refractivity contribution in [2.24, 2.45) is 0 Å². The van der Waals surface area contributed by atoms with Crippen molar-refractivity contribution in [3.8, 4) is 5.75 Å². The minimum Gasteiger partial charge on any atom is -0.497 e. The number of nitrogens with one attached hydrogen (secondary N) is 2. The molecule has 0 spiro atoms. The van der Waals surface area contributed by atoms with Crippen molar-refractivity contribution in [1.29, 1.82) is 0 Å². The van der Waals surface area contributed by atoms with E-state index in [-0.39, 0.29) is 18.4 Å². The van der Waals surface area contributed by atoms with Crippen LogP contribution in [0.3, 0.4) is 0 Å². The number of hydrogen-bond acceptors (Lipinski definition) is 4. The summed E-state index contributed by atoms with van der Waals surface area (Å²) in [7, 11) is 3.30. The van der Waals surface area contributed by atoms with Gasteiger partial charge in [0.25, 0.3) is 0 Å². The van der Waals surface area contributed by atoms with Crippen molar-refractivity contribution in [2.45, 2.75) is 19.5 Å². The summed E-state index contributed by atoms with van der Waals surface area (Å²) < 4.78 is 5.14. The van der Waals surface area contributed by atoms with Crippen LogP contribution in [0.15, 0.2) is 48.5 Å². The zero-order valence-corrected chi connectivity index (χ0v) is 16.4. The van der Waals surface area contributed by atoms with Gasteiger partial charge in [-0.05, 0) is 43.8 Å². The monoisotopic (exact) mass is 389 g/mol. The lowest BCUT2D eigenvalue weighted by Crippen LogP contribution is -2.45. The molecule has 0 heterocycles. The van der Waals surface area contributed by atoms with Crippen LogP contribution in [0, 0.1) is 0 Å². The van der Waals surface area contributed by atoms with Gasteiger partial charge in [-0.2, -0.15) is 0 Å². The first-order chi connectivity index (χ1) is 12.9. The van der Waals surface area contributed by atoms with Crippen molar-refractivity contribution in [3.63, 3.8) is 0 Å². The summed E-state index contributed by atoms with van der Waals surface area (Å²) in [5.41, 5.74) is 1.60. The Morgan fingerprint density at radius 1 is 1.19 bits per heavy atom. The Kier molecular flexibility index (Phi) is 7.64. The summed E-state index contributed by atoms with van der Waals surface area (Å²) in [6, 6.07) is 13.9. The Morgan fingerprint density at radius 3 is 2.56 bits per heavy atom. The van der Waals surface area contributed by atoms with Crippen LogP contribution in [0.5, 0.6) is 5.75 Å². The molecule has 0 aliphatic rings. The van der Waals surface area contributed by atoms with E-state index in [1.807, 2.05) is 12.1 Å². The minimum absolute atomic E-state index is 0.0900. The molecule has 2 aromatic carbocycles. The third-order valence-electron chi connectivity index (χ3n) is 4.17. The van der Waals surface area contributed by atoms with E-state index in [9.17, 15) is 9.59 Å². The average Bonchev–Trinajstić information content (AvgIpc) is 2.66. The van der Waals surface area contributed by atoms with Gasteiger partial charge in [-0.15, -0.1) is 0 Å². The first-order valence-corrected chi connectivity index (χ1v) is 8.93. The van der Waals surface area contributed by atoms with E-state index in [1.54, 1.807) is 62.4 Å². The molecule has 0 saturated carbocycles. The molecule has 0 fully saturated rings. The predicted molar refractivity (Wildman–Crippen MR) is 107 cm³/mol. The third-order valence-corrected chi connectivity index (χ3v) is 4.42. The lowest BCUT2D eigenvalue weighted by Gasteiger charge is -2.23. The Balaban J connectivity index is 1.82. The zero-order valence-electron chi connectivity index (χ0n) is 15.7. The van der Waals surface area contributed by atoms with Crippen molar-refractivity contribution in [2.75, 3.05) is 26.0 Å². The van der Waals surface area contributed by atoms with Gasteiger partial charge < -0.3 is 15.4 Å². The second-order valence-electron chi connectivity index (χ2n) is 6.22. The Bertz CT molecular complexity index is 780. The van der Waals surface area contributed by atoms with Crippen molar-refractivity contribution >= 4 is 29.1 Å². The average molecular weight is 390 g/mol. The predicted octanol–water partition coefficient (Wildman–Crippen LogP) is 2.92. The zero-order chi connectivity index (χ0) is 19.8. The van der Waals surface area contributed by atoms with Crippen LogP contribution in [0.2, 0.25) is 5.02 Å². The Morgan fingerprint density at radius 2 is 1.89 bits per heavy atom. The molecule has 0 aromatic heterocycles. The smallest absolute Gasteiger partial charge is 0.238 e. The topological polar surface area (TPSA) is 70.7 Å². The summed E-state index contributed by atoms with van der Waals surface area (Å²) >= 11 is 5.85. The second kappa shape index (κ2) is 9.94. The van der Waals surface area contributed by atoms with Crippen LogP contribution in [0.1, 0.15) is 12.5 Å². The molecule has 1 atom stereocenters. The van der Waals surface area contributed by atoms with Gasteiger partial charge in [0.15, 0.2) is 0 Å². The van der Waals surface area contributed by atoms with E-state index in [2.05, 4.69) is 10.6 Å². The normalized spacial score (nSPS) is 11.7. The number of anilines is 1. The number of benzene rings is 2. The summed E-state index contributed by atoms with van der Waals surface area (Å²) in [5.74, 6) is 0.306. The summed E-state index contributed by atoms with van der Waals surface area (Å²) in [5, 5.41) is 6.32. The highest BCUT2D eigenvalue weighted by atomic mass is 35.5. The molecule has 2 rings (SSSR count). The highest BCUT2D eigenvalue weighted by molar-refractivity contribution is 6.30. The number of carbonyl (C=O) groups excluding carboxylic acids is 2. The van der Waals surface area contributed by atoms with Crippen LogP contribution < -0.4 is 15.4 Å². The molecular weight excluding hydrogens is 366 g/mol. The van der Waals surface area contributed by atoms with Gasteiger partial charge in [-0.25, -0.2) is 0 Å². The molecule has 27 heavy (non-hydrogen) atoms. The molecule has 6 nitrogen and oxygen atoms in total.